The van der Waals surface area contributed by atoms with Crippen molar-refractivity contribution in [1.82, 2.24) is 4.90 Å². The number of para-hydroxylation sites is 2. The van der Waals surface area contributed by atoms with Gasteiger partial charge in [0.1, 0.15) is 12.4 Å². The van der Waals surface area contributed by atoms with Crippen LogP contribution in [0.1, 0.15) is 18.1 Å². The van der Waals surface area contributed by atoms with Gasteiger partial charge in [-0.2, -0.15) is 0 Å². The van der Waals surface area contributed by atoms with Crippen LogP contribution in [0.4, 0.5) is 5.69 Å². The van der Waals surface area contributed by atoms with Crippen molar-refractivity contribution in [3.05, 3.63) is 99.9 Å². The number of hydrogen-bond donors (Lipinski definition) is 0. The van der Waals surface area contributed by atoms with Gasteiger partial charge in [-0.15, -0.1) is 0 Å². The third kappa shape index (κ3) is 6.29. The average Bonchev–Trinajstić information content (AvgIpc) is 3.14. The molecule has 1 fully saturated rings. The summed E-state index contributed by atoms with van der Waals surface area (Å²) in [6.07, 6.45) is 1.87. The van der Waals surface area contributed by atoms with Gasteiger partial charge < -0.3 is 9.47 Å². The minimum atomic E-state index is -0.0908. The molecule has 3 aromatic rings. The van der Waals surface area contributed by atoms with E-state index in [9.17, 15) is 4.79 Å². The number of carbonyl (C=O) groups is 1. The number of amidine groups is 1. The van der Waals surface area contributed by atoms with Crippen LogP contribution in [-0.4, -0.2) is 35.7 Å². The van der Waals surface area contributed by atoms with E-state index in [2.05, 4.69) is 0 Å². The lowest BCUT2D eigenvalue weighted by atomic mass is 10.1. The van der Waals surface area contributed by atoms with Gasteiger partial charge in [-0.3, -0.25) is 9.69 Å². The number of benzene rings is 3. The number of hydrogen-bond acceptors (Lipinski definition) is 5. The molecule has 0 N–H and O–H groups in total. The van der Waals surface area contributed by atoms with Crippen LogP contribution in [0.3, 0.4) is 0 Å². The van der Waals surface area contributed by atoms with Crippen molar-refractivity contribution in [3.63, 3.8) is 0 Å². The number of rotatable bonds is 9. The molecule has 0 radical (unpaired) electrons. The molecule has 1 aliphatic heterocycles. The Morgan fingerprint density at radius 2 is 1.74 bits per heavy atom. The van der Waals surface area contributed by atoms with Crippen molar-refractivity contribution in [2.75, 3.05) is 19.8 Å². The Kier molecular flexibility index (Phi) is 8.41. The fourth-order valence-electron chi connectivity index (χ4n) is 3.32. The molecule has 5 nitrogen and oxygen atoms in total. The average molecular weight is 493 g/mol. The van der Waals surface area contributed by atoms with Gasteiger partial charge in [0.2, 0.25) is 0 Å². The van der Waals surface area contributed by atoms with E-state index < -0.39 is 0 Å². The van der Waals surface area contributed by atoms with Crippen LogP contribution in [0, 0.1) is 0 Å². The highest BCUT2D eigenvalue weighted by molar-refractivity contribution is 8.18. The molecule has 1 amide bonds. The number of thioether (sulfide) groups is 1. The maximum absolute atomic E-state index is 13.3. The molecular formula is C27H25ClN2O3S. The fourth-order valence-corrected chi connectivity index (χ4v) is 4.46. The molecule has 0 aliphatic carbocycles. The van der Waals surface area contributed by atoms with Gasteiger partial charge in [0.05, 0.1) is 23.7 Å². The summed E-state index contributed by atoms with van der Waals surface area (Å²) in [4.78, 5) is 20.3. The zero-order valence-electron chi connectivity index (χ0n) is 18.8. The van der Waals surface area contributed by atoms with Crippen LogP contribution in [-0.2, 0) is 16.1 Å². The Morgan fingerprint density at radius 3 is 2.50 bits per heavy atom. The first-order valence-corrected chi connectivity index (χ1v) is 12.2. The fraction of sp³-hybridized carbons (Fsp3) is 0.185. The smallest absolute Gasteiger partial charge is 0.266 e. The Bertz CT molecular complexity index is 1180. The summed E-state index contributed by atoms with van der Waals surface area (Å²) < 4.78 is 11.6. The van der Waals surface area contributed by atoms with E-state index in [4.69, 9.17) is 26.1 Å². The van der Waals surface area contributed by atoms with Gasteiger partial charge >= 0.3 is 0 Å². The first-order chi connectivity index (χ1) is 16.6. The summed E-state index contributed by atoms with van der Waals surface area (Å²) >= 11 is 7.33. The maximum atomic E-state index is 13.3. The first-order valence-electron chi connectivity index (χ1n) is 11.0. The van der Waals surface area contributed by atoms with E-state index in [1.54, 1.807) is 4.90 Å². The predicted octanol–water partition coefficient (Wildman–Crippen LogP) is 6.56. The van der Waals surface area contributed by atoms with Crippen LogP contribution >= 0.6 is 23.4 Å². The predicted molar refractivity (Wildman–Crippen MR) is 140 cm³/mol. The van der Waals surface area contributed by atoms with Crippen LogP contribution in [0.5, 0.6) is 5.75 Å². The minimum Gasteiger partial charge on any atom is -0.488 e. The van der Waals surface area contributed by atoms with Gasteiger partial charge in [-0.1, -0.05) is 60.1 Å². The molecule has 174 valence electrons. The lowest BCUT2D eigenvalue weighted by Gasteiger charge is -2.15. The van der Waals surface area contributed by atoms with Crippen molar-refractivity contribution in [3.8, 4) is 5.75 Å². The SMILES string of the molecule is CCOCCN1C(=O)/C(=C/c2ccccc2OCc2ccc(Cl)cc2)SC1=Nc1ccccc1. The molecule has 0 bridgehead atoms. The van der Waals surface area contributed by atoms with Crippen LogP contribution in [0.15, 0.2) is 88.8 Å². The standard InChI is InChI=1S/C27H25ClN2O3S/c1-2-32-17-16-30-26(31)25(34-27(30)29-23-9-4-3-5-10-23)18-21-8-6-7-11-24(21)33-19-20-12-14-22(28)15-13-20/h3-15,18H,2,16-17,19H2,1H3/b25-18-,29-27?. The van der Waals surface area contributed by atoms with Crippen molar-refractivity contribution >= 4 is 46.2 Å². The third-order valence-electron chi connectivity index (χ3n) is 5.05. The zero-order chi connectivity index (χ0) is 23.8. The first kappa shape index (κ1) is 24.1. The molecule has 3 aromatic carbocycles. The van der Waals surface area contributed by atoms with Crippen molar-refractivity contribution in [2.45, 2.75) is 13.5 Å². The third-order valence-corrected chi connectivity index (χ3v) is 6.30. The molecule has 34 heavy (non-hydrogen) atoms. The molecule has 0 unspecified atom stereocenters. The highest BCUT2D eigenvalue weighted by Gasteiger charge is 2.33. The summed E-state index contributed by atoms with van der Waals surface area (Å²) in [5.74, 6) is 0.611. The normalized spacial score (nSPS) is 15.9. The second-order valence-electron chi connectivity index (χ2n) is 7.45. The summed E-state index contributed by atoms with van der Waals surface area (Å²) in [5, 5.41) is 1.33. The molecule has 7 heteroatoms. The van der Waals surface area contributed by atoms with Crippen molar-refractivity contribution in [2.24, 2.45) is 4.99 Å². The molecule has 0 saturated carbocycles. The van der Waals surface area contributed by atoms with E-state index in [1.165, 1.54) is 11.8 Å². The molecule has 1 heterocycles. The van der Waals surface area contributed by atoms with E-state index in [-0.39, 0.29) is 5.91 Å². The molecule has 1 aliphatic rings. The van der Waals surface area contributed by atoms with E-state index in [0.29, 0.717) is 47.2 Å². The lowest BCUT2D eigenvalue weighted by Crippen LogP contribution is -2.32. The van der Waals surface area contributed by atoms with Crippen molar-refractivity contribution < 1.29 is 14.3 Å². The van der Waals surface area contributed by atoms with Crippen LogP contribution < -0.4 is 4.74 Å². The molecule has 4 rings (SSSR count). The second kappa shape index (κ2) is 11.9. The summed E-state index contributed by atoms with van der Waals surface area (Å²) in [6, 6.07) is 24.9. The van der Waals surface area contributed by atoms with E-state index >= 15 is 0 Å². The summed E-state index contributed by atoms with van der Waals surface area (Å²) in [7, 11) is 0. The van der Waals surface area contributed by atoms with Crippen molar-refractivity contribution in [1.29, 1.82) is 0 Å². The Balaban J connectivity index is 1.57. The molecular weight excluding hydrogens is 468 g/mol. The van der Waals surface area contributed by atoms with E-state index in [1.807, 2.05) is 91.9 Å². The number of aliphatic imine (C=N–C) groups is 1. The van der Waals surface area contributed by atoms with Gasteiger partial charge in [-0.05, 0) is 60.7 Å². The monoisotopic (exact) mass is 492 g/mol. The summed E-state index contributed by atoms with van der Waals surface area (Å²) in [6.45, 7) is 3.83. The Morgan fingerprint density at radius 1 is 1.00 bits per heavy atom. The van der Waals surface area contributed by atoms with Gasteiger partial charge in [0, 0.05) is 17.2 Å². The lowest BCUT2D eigenvalue weighted by molar-refractivity contribution is -0.122. The molecule has 1 saturated heterocycles. The molecule has 0 spiro atoms. The van der Waals surface area contributed by atoms with Crippen LogP contribution in [0.25, 0.3) is 6.08 Å². The minimum absolute atomic E-state index is 0.0908. The zero-order valence-corrected chi connectivity index (χ0v) is 20.4. The maximum Gasteiger partial charge on any atom is 0.266 e. The topological polar surface area (TPSA) is 51.1 Å². The summed E-state index contributed by atoms with van der Waals surface area (Å²) in [5.41, 5.74) is 2.64. The number of amides is 1. The number of carbonyl (C=O) groups excluding carboxylic acids is 1. The highest BCUT2D eigenvalue weighted by atomic mass is 35.5. The Labute approximate surface area is 209 Å². The second-order valence-corrected chi connectivity index (χ2v) is 8.89. The quantitative estimate of drug-likeness (QED) is 0.251. The number of nitrogens with zero attached hydrogens (tertiary/aromatic N) is 2. The number of ether oxygens (including phenoxy) is 2. The molecule has 0 atom stereocenters. The highest BCUT2D eigenvalue weighted by Crippen LogP contribution is 2.35. The molecule has 0 aromatic heterocycles. The largest absolute Gasteiger partial charge is 0.488 e. The van der Waals surface area contributed by atoms with E-state index in [0.717, 1.165) is 16.8 Å². The van der Waals surface area contributed by atoms with Gasteiger partial charge in [-0.25, -0.2) is 4.99 Å². The van der Waals surface area contributed by atoms with Gasteiger partial charge in [0.25, 0.3) is 5.91 Å². The number of halogens is 1. The van der Waals surface area contributed by atoms with Gasteiger partial charge in [0.15, 0.2) is 5.17 Å². The van der Waals surface area contributed by atoms with Crippen LogP contribution in [0.2, 0.25) is 5.02 Å². The Hall–Kier alpha value is -3.06.